The number of nitrogens with one attached hydrogen (secondary N) is 1. The van der Waals surface area contributed by atoms with Gasteiger partial charge in [-0.3, -0.25) is 11.3 Å². The lowest BCUT2D eigenvalue weighted by Gasteiger charge is -2.18. The molecule has 0 aliphatic rings. The maximum absolute atomic E-state index is 12.1. The predicted octanol–water partition coefficient (Wildman–Crippen LogP) is 3.34. The first-order chi connectivity index (χ1) is 10.1. The molecule has 3 N–H and O–H groups in total. The summed E-state index contributed by atoms with van der Waals surface area (Å²) in [6.07, 6.45) is 0.720. The first-order valence-electron chi connectivity index (χ1n) is 6.65. The molecule has 0 radical (unpaired) electrons. The fourth-order valence-corrected chi connectivity index (χ4v) is 2.21. The van der Waals surface area contributed by atoms with E-state index < -0.39 is 6.61 Å². The number of hydrogen-bond acceptors (Lipinski definition) is 3. The standard InChI is InChI=1S/C16H18F2N2O/c1-11-4-2-3-5-13(11)10-15(20-19)12-6-8-14(9-7-12)21-16(17)18/h2-9,15-16,20H,10,19H2,1H3. The van der Waals surface area contributed by atoms with Crippen LogP contribution in [0.25, 0.3) is 0 Å². The molecule has 0 amide bonds. The van der Waals surface area contributed by atoms with Crippen molar-refractivity contribution in [1.82, 2.24) is 5.43 Å². The molecule has 112 valence electrons. The van der Waals surface area contributed by atoms with E-state index in [0.29, 0.717) is 0 Å². The van der Waals surface area contributed by atoms with E-state index >= 15 is 0 Å². The summed E-state index contributed by atoms with van der Waals surface area (Å²) in [5.74, 6) is 5.76. The van der Waals surface area contributed by atoms with Crippen molar-refractivity contribution in [3.63, 3.8) is 0 Å². The van der Waals surface area contributed by atoms with Crippen LogP contribution in [-0.4, -0.2) is 6.61 Å². The number of alkyl halides is 2. The van der Waals surface area contributed by atoms with Gasteiger partial charge in [-0.05, 0) is 42.2 Å². The molecule has 1 atom stereocenters. The van der Waals surface area contributed by atoms with Crippen molar-refractivity contribution in [3.05, 3.63) is 65.2 Å². The van der Waals surface area contributed by atoms with Crippen molar-refractivity contribution in [1.29, 1.82) is 0 Å². The number of halogens is 2. The molecule has 0 aliphatic carbocycles. The Kier molecular flexibility index (Phi) is 5.25. The summed E-state index contributed by atoms with van der Waals surface area (Å²) in [6.45, 7) is -0.770. The number of hydrogen-bond donors (Lipinski definition) is 2. The van der Waals surface area contributed by atoms with E-state index in [1.807, 2.05) is 31.2 Å². The SMILES string of the molecule is Cc1ccccc1CC(NN)c1ccc(OC(F)F)cc1. The van der Waals surface area contributed by atoms with E-state index in [1.165, 1.54) is 23.3 Å². The molecule has 1 unspecified atom stereocenters. The second kappa shape index (κ2) is 7.15. The molecule has 2 aromatic rings. The molecule has 0 saturated carbocycles. The largest absolute Gasteiger partial charge is 0.435 e. The summed E-state index contributed by atoms with van der Waals surface area (Å²) in [5, 5.41) is 0. The number of aryl methyl sites for hydroxylation is 1. The first-order valence-corrected chi connectivity index (χ1v) is 6.65. The summed E-state index contributed by atoms with van der Waals surface area (Å²) >= 11 is 0. The quantitative estimate of drug-likeness (QED) is 0.634. The molecule has 0 heterocycles. The molecule has 0 bridgehead atoms. The molecule has 3 nitrogen and oxygen atoms in total. The maximum atomic E-state index is 12.1. The monoisotopic (exact) mass is 292 g/mol. The highest BCUT2D eigenvalue weighted by Crippen LogP contribution is 2.23. The first kappa shape index (κ1) is 15.4. The van der Waals surface area contributed by atoms with Crippen molar-refractivity contribution in [3.8, 4) is 5.75 Å². The van der Waals surface area contributed by atoms with Gasteiger partial charge in [0.25, 0.3) is 0 Å². The summed E-state index contributed by atoms with van der Waals surface area (Å²) in [7, 11) is 0. The highest BCUT2D eigenvalue weighted by atomic mass is 19.3. The minimum absolute atomic E-state index is 0.0910. The van der Waals surface area contributed by atoms with Crippen LogP contribution < -0.4 is 16.0 Å². The minimum Gasteiger partial charge on any atom is -0.435 e. The Hall–Kier alpha value is -1.98. The molecule has 0 saturated heterocycles. The number of rotatable bonds is 6. The van der Waals surface area contributed by atoms with Crippen LogP contribution in [0.1, 0.15) is 22.7 Å². The molecule has 0 aromatic heterocycles. The third kappa shape index (κ3) is 4.24. The molecule has 0 fully saturated rings. The van der Waals surface area contributed by atoms with E-state index in [2.05, 4.69) is 10.2 Å². The van der Waals surface area contributed by atoms with Crippen molar-refractivity contribution < 1.29 is 13.5 Å². The van der Waals surface area contributed by atoms with Gasteiger partial charge in [-0.1, -0.05) is 36.4 Å². The zero-order valence-corrected chi connectivity index (χ0v) is 11.7. The van der Waals surface area contributed by atoms with Crippen molar-refractivity contribution in [2.75, 3.05) is 0 Å². The second-order valence-corrected chi connectivity index (χ2v) is 4.80. The molecule has 21 heavy (non-hydrogen) atoms. The van der Waals surface area contributed by atoms with Crippen LogP contribution in [0.15, 0.2) is 48.5 Å². The van der Waals surface area contributed by atoms with Gasteiger partial charge in [-0.15, -0.1) is 0 Å². The zero-order chi connectivity index (χ0) is 15.2. The summed E-state index contributed by atoms with van der Waals surface area (Å²) in [4.78, 5) is 0. The average Bonchev–Trinajstić information content (AvgIpc) is 2.47. The molecule has 5 heteroatoms. The Morgan fingerprint density at radius 1 is 1.10 bits per heavy atom. The average molecular weight is 292 g/mol. The Labute approximate surface area is 122 Å². The van der Waals surface area contributed by atoms with E-state index in [9.17, 15) is 8.78 Å². The highest BCUT2D eigenvalue weighted by Gasteiger charge is 2.12. The van der Waals surface area contributed by atoms with Crippen LogP contribution in [0, 0.1) is 6.92 Å². The molecule has 0 aliphatic heterocycles. The topological polar surface area (TPSA) is 47.3 Å². The Morgan fingerprint density at radius 2 is 1.76 bits per heavy atom. The van der Waals surface area contributed by atoms with Gasteiger partial charge >= 0.3 is 6.61 Å². The van der Waals surface area contributed by atoms with Crippen molar-refractivity contribution in [2.45, 2.75) is 26.0 Å². The van der Waals surface area contributed by atoms with Crippen LogP contribution in [-0.2, 0) is 6.42 Å². The van der Waals surface area contributed by atoms with Crippen molar-refractivity contribution >= 4 is 0 Å². The van der Waals surface area contributed by atoms with Gasteiger partial charge in [0.1, 0.15) is 5.75 Å². The van der Waals surface area contributed by atoms with Crippen LogP contribution >= 0.6 is 0 Å². The lowest BCUT2D eigenvalue weighted by Crippen LogP contribution is -2.29. The van der Waals surface area contributed by atoms with Gasteiger partial charge < -0.3 is 4.74 Å². The van der Waals surface area contributed by atoms with Gasteiger partial charge in [-0.2, -0.15) is 8.78 Å². The minimum atomic E-state index is -2.81. The third-order valence-electron chi connectivity index (χ3n) is 3.39. The highest BCUT2D eigenvalue weighted by molar-refractivity contribution is 5.32. The number of hydrazine groups is 1. The van der Waals surface area contributed by atoms with Gasteiger partial charge in [0, 0.05) is 6.04 Å². The Bertz CT molecular complexity index is 573. The third-order valence-corrected chi connectivity index (χ3v) is 3.39. The Balaban J connectivity index is 2.12. The van der Waals surface area contributed by atoms with Crippen LogP contribution in [0.3, 0.4) is 0 Å². The zero-order valence-electron chi connectivity index (χ0n) is 11.7. The number of ether oxygens (including phenoxy) is 1. The normalized spacial score (nSPS) is 12.4. The maximum Gasteiger partial charge on any atom is 0.387 e. The van der Waals surface area contributed by atoms with E-state index in [0.717, 1.165) is 12.0 Å². The van der Waals surface area contributed by atoms with Gasteiger partial charge in [0.2, 0.25) is 0 Å². The van der Waals surface area contributed by atoms with Crippen LogP contribution in [0.2, 0.25) is 0 Å². The number of nitrogens with two attached hydrogens (primary N) is 1. The van der Waals surface area contributed by atoms with Crippen LogP contribution in [0.5, 0.6) is 5.75 Å². The summed E-state index contributed by atoms with van der Waals surface area (Å²) in [5.41, 5.74) is 6.06. The van der Waals surface area contributed by atoms with Gasteiger partial charge in [-0.25, -0.2) is 0 Å². The fraction of sp³-hybridized carbons (Fsp3) is 0.250. The molecular weight excluding hydrogens is 274 g/mol. The Morgan fingerprint density at radius 3 is 2.33 bits per heavy atom. The van der Waals surface area contributed by atoms with Gasteiger partial charge in [0.05, 0.1) is 0 Å². The van der Waals surface area contributed by atoms with Crippen molar-refractivity contribution in [2.24, 2.45) is 5.84 Å². The van der Waals surface area contributed by atoms with Crippen LogP contribution in [0.4, 0.5) is 8.78 Å². The van der Waals surface area contributed by atoms with E-state index in [4.69, 9.17) is 5.84 Å². The lowest BCUT2D eigenvalue weighted by molar-refractivity contribution is -0.0498. The summed E-state index contributed by atoms with van der Waals surface area (Å²) in [6, 6.07) is 14.5. The number of benzene rings is 2. The molecule has 2 aromatic carbocycles. The molecular formula is C16H18F2N2O. The second-order valence-electron chi connectivity index (χ2n) is 4.80. The molecule has 2 rings (SSSR count). The fourth-order valence-electron chi connectivity index (χ4n) is 2.21. The van der Waals surface area contributed by atoms with Gasteiger partial charge in [0.15, 0.2) is 0 Å². The lowest BCUT2D eigenvalue weighted by atomic mass is 9.96. The van der Waals surface area contributed by atoms with E-state index in [-0.39, 0.29) is 11.8 Å². The summed E-state index contributed by atoms with van der Waals surface area (Å²) < 4.78 is 28.6. The smallest absolute Gasteiger partial charge is 0.387 e. The van der Waals surface area contributed by atoms with E-state index in [1.54, 1.807) is 12.1 Å². The predicted molar refractivity (Wildman–Crippen MR) is 78.0 cm³/mol. The molecule has 0 spiro atoms.